The van der Waals surface area contributed by atoms with Gasteiger partial charge >= 0.3 is 0 Å². The molecule has 112 valence electrons. The first kappa shape index (κ1) is 16.4. The molecule has 6 nitrogen and oxygen atoms in total. The smallest absolute Gasteiger partial charge is 0.221 e. The van der Waals surface area contributed by atoms with Crippen molar-refractivity contribution in [3.8, 4) is 0 Å². The van der Waals surface area contributed by atoms with Crippen LogP contribution in [0, 0.1) is 0 Å². The lowest BCUT2D eigenvalue weighted by molar-refractivity contribution is -0.120. The first-order valence-corrected chi connectivity index (χ1v) is 6.68. The van der Waals surface area contributed by atoms with E-state index < -0.39 is 0 Å². The van der Waals surface area contributed by atoms with Gasteiger partial charge in [0.15, 0.2) is 0 Å². The van der Waals surface area contributed by atoms with Crippen molar-refractivity contribution in [3.63, 3.8) is 0 Å². The Hall–Kier alpha value is -1.69. The van der Waals surface area contributed by atoms with E-state index in [4.69, 9.17) is 4.74 Å². The molecule has 0 aliphatic heterocycles. The second-order valence-electron chi connectivity index (χ2n) is 5.60. The Morgan fingerprint density at radius 1 is 1.35 bits per heavy atom. The van der Waals surface area contributed by atoms with Gasteiger partial charge in [0.05, 0.1) is 12.3 Å². The minimum atomic E-state index is -0.138. The van der Waals surface area contributed by atoms with E-state index in [2.05, 4.69) is 41.4 Å². The maximum Gasteiger partial charge on any atom is 0.221 e. The van der Waals surface area contributed by atoms with Crippen molar-refractivity contribution in [1.29, 1.82) is 0 Å². The number of nitrogens with one attached hydrogen (secondary N) is 2. The fraction of sp³-hybridized carbons (Fsp3) is 0.643. The highest BCUT2D eigenvalue weighted by atomic mass is 16.5. The second-order valence-corrected chi connectivity index (χ2v) is 5.60. The number of hydrogen-bond acceptors (Lipinski definition) is 5. The van der Waals surface area contributed by atoms with Crippen LogP contribution in [0.2, 0.25) is 0 Å². The summed E-state index contributed by atoms with van der Waals surface area (Å²) in [6, 6.07) is 1.85. The van der Waals surface area contributed by atoms with Crippen LogP contribution in [0.3, 0.4) is 0 Å². The van der Waals surface area contributed by atoms with Gasteiger partial charge in [0.2, 0.25) is 5.91 Å². The van der Waals surface area contributed by atoms with E-state index in [9.17, 15) is 4.79 Å². The van der Waals surface area contributed by atoms with E-state index in [0.717, 1.165) is 17.3 Å². The summed E-state index contributed by atoms with van der Waals surface area (Å²) in [6.45, 7) is 7.16. The normalized spacial score (nSPS) is 11.2. The van der Waals surface area contributed by atoms with Gasteiger partial charge in [-0.25, -0.2) is 9.97 Å². The number of hydrogen-bond donors (Lipinski definition) is 2. The fourth-order valence-corrected chi connectivity index (χ4v) is 1.57. The maximum atomic E-state index is 11.2. The van der Waals surface area contributed by atoms with Gasteiger partial charge in [-0.3, -0.25) is 4.79 Å². The molecule has 1 amide bonds. The summed E-state index contributed by atoms with van der Waals surface area (Å²) in [6.07, 6.45) is 0.408. The van der Waals surface area contributed by atoms with Crippen LogP contribution in [0.4, 0.5) is 5.82 Å². The summed E-state index contributed by atoms with van der Waals surface area (Å²) in [5.74, 6) is 1.48. The van der Waals surface area contributed by atoms with Gasteiger partial charge in [-0.15, -0.1) is 0 Å². The zero-order valence-electron chi connectivity index (χ0n) is 12.9. The average Bonchev–Trinajstić information content (AvgIpc) is 2.37. The molecule has 0 aromatic carbocycles. The molecule has 0 bridgehead atoms. The van der Waals surface area contributed by atoms with Crippen molar-refractivity contribution >= 4 is 11.7 Å². The molecule has 1 heterocycles. The lowest BCUT2D eigenvalue weighted by Crippen LogP contribution is -2.22. The largest absolute Gasteiger partial charge is 0.378 e. The van der Waals surface area contributed by atoms with E-state index in [1.807, 2.05) is 6.07 Å². The van der Waals surface area contributed by atoms with Crippen molar-refractivity contribution < 1.29 is 9.53 Å². The number of rotatable bonds is 6. The highest BCUT2D eigenvalue weighted by Crippen LogP contribution is 2.20. The molecule has 0 saturated heterocycles. The molecule has 0 radical (unpaired) electrons. The average molecular weight is 280 g/mol. The van der Waals surface area contributed by atoms with E-state index in [0.29, 0.717) is 19.6 Å². The summed E-state index contributed by atoms with van der Waals surface area (Å²) in [5, 5.41) is 5.74. The fourth-order valence-electron chi connectivity index (χ4n) is 1.57. The minimum Gasteiger partial charge on any atom is -0.378 e. The maximum absolute atomic E-state index is 11.2. The SMILES string of the molecule is CNC(=O)CCNc1cc(COC)nc(C(C)(C)C)n1. The molecular weight excluding hydrogens is 256 g/mol. The van der Waals surface area contributed by atoms with Gasteiger partial charge in [-0.05, 0) is 0 Å². The molecule has 0 atom stereocenters. The van der Waals surface area contributed by atoms with Crippen LogP contribution < -0.4 is 10.6 Å². The van der Waals surface area contributed by atoms with E-state index in [-0.39, 0.29) is 11.3 Å². The monoisotopic (exact) mass is 280 g/mol. The van der Waals surface area contributed by atoms with E-state index in [1.54, 1.807) is 14.2 Å². The molecule has 20 heavy (non-hydrogen) atoms. The van der Waals surface area contributed by atoms with Crippen LogP contribution in [0.1, 0.15) is 38.7 Å². The van der Waals surface area contributed by atoms with Crippen LogP contribution in [-0.2, 0) is 21.6 Å². The molecule has 1 aromatic rings. The molecule has 6 heteroatoms. The van der Waals surface area contributed by atoms with Gasteiger partial charge in [0.1, 0.15) is 11.6 Å². The second kappa shape index (κ2) is 7.19. The Morgan fingerprint density at radius 2 is 2.05 bits per heavy atom. The van der Waals surface area contributed by atoms with Crippen molar-refractivity contribution in [2.24, 2.45) is 0 Å². The third kappa shape index (κ3) is 5.13. The summed E-state index contributed by atoms with van der Waals surface area (Å²) >= 11 is 0. The third-order valence-electron chi connectivity index (χ3n) is 2.68. The minimum absolute atomic E-state index is 0.000263. The quantitative estimate of drug-likeness (QED) is 0.825. The Balaban J connectivity index is 2.83. The number of methoxy groups -OCH3 is 1. The molecular formula is C14H24N4O2. The molecule has 1 aromatic heterocycles. The topological polar surface area (TPSA) is 76.1 Å². The molecule has 0 saturated carbocycles. The number of carbonyl (C=O) groups excluding carboxylic acids is 1. The molecule has 2 N–H and O–H groups in total. The Bertz CT molecular complexity index is 455. The summed E-state index contributed by atoms with van der Waals surface area (Å²) in [7, 11) is 3.26. The van der Waals surface area contributed by atoms with Gasteiger partial charge in [-0.2, -0.15) is 0 Å². The van der Waals surface area contributed by atoms with Gasteiger partial charge in [0.25, 0.3) is 0 Å². The van der Waals surface area contributed by atoms with Gasteiger partial charge in [-0.1, -0.05) is 20.8 Å². The lowest BCUT2D eigenvalue weighted by atomic mass is 9.95. The van der Waals surface area contributed by atoms with E-state index >= 15 is 0 Å². The number of aromatic nitrogens is 2. The first-order chi connectivity index (χ1) is 9.36. The number of ether oxygens (including phenoxy) is 1. The highest BCUT2D eigenvalue weighted by Gasteiger charge is 2.19. The molecule has 0 fully saturated rings. The van der Waals surface area contributed by atoms with Gasteiger partial charge < -0.3 is 15.4 Å². The summed E-state index contributed by atoms with van der Waals surface area (Å²) in [4.78, 5) is 20.2. The zero-order chi connectivity index (χ0) is 15.2. The predicted octanol–water partition coefficient (Wildman–Crippen LogP) is 1.47. The van der Waals surface area contributed by atoms with Gasteiger partial charge in [0, 0.05) is 38.6 Å². The first-order valence-electron chi connectivity index (χ1n) is 6.68. The molecule has 1 rings (SSSR count). The third-order valence-corrected chi connectivity index (χ3v) is 2.68. The van der Waals surface area contributed by atoms with E-state index in [1.165, 1.54) is 0 Å². The van der Waals surface area contributed by atoms with Crippen molar-refractivity contribution in [2.45, 2.75) is 39.2 Å². The van der Waals surface area contributed by atoms with Crippen LogP contribution in [0.25, 0.3) is 0 Å². The molecule has 0 spiro atoms. The van der Waals surface area contributed by atoms with Crippen LogP contribution in [-0.4, -0.2) is 36.6 Å². The Morgan fingerprint density at radius 3 is 2.60 bits per heavy atom. The van der Waals surface area contributed by atoms with Crippen molar-refractivity contribution in [3.05, 3.63) is 17.6 Å². The molecule has 0 unspecified atom stereocenters. The zero-order valence-corrected chi connectivity index (χ0v) is 12.9. The number of amides is 1. The van der Waals surface area contributed by atoms with Crippen molar-refractivity contribution in [1.82, 2.24) is 15.3 Å². The standard InChI is InChI=1S/C14H24N4O2/c1-14(2,3)13-17-10(9-20-5)8-11(18-13)16-7-6-12(19)15-4/h8H,6-7,9H2,1-5H3,(H,15,19)(H,16,17,18). The summed E-state index contributed by atoms with van der Waals surface area (Å²) < 4.78 is 5.13. The summed E-state index contributed by atoms with van der Waals surface area (Å²) in [5.41, 5.74) is 0.691. The number of nitrogens with zero attached hydrogens (tertiary/aromatic N) is 2. The highest BCUT2D eigenvalue weighted by molar-refractivity contribution is 5.76. The van der Waals surface area contributed by atoms with Crippen molar-refractivity contribution in [2.75, 3.05) is 26.0 Å². The van der Waals surface area contributed by atoms with Crippen LogP contribution in [0.5, 0.6) is 0 Å². The Labute approximate surface area is 120 Å². The number of anilines is 1. The number of carbonyl (C=O) groups is 1. The lowest BCUT2D eigenvalue weighted by Gasteiger charge is -2.19. The van der Waals surface area contributed by atoms with Crippen LogP contribution >= 0.6 is 0 Å². The molecule has 0 aliphatic carbocycles. The van der Waals surface area contributed by atoms with Crippen LogP contribution in [0.15, 0.2) is 6.07 Å². The molecule has 0 aliphatic rings. The predicted molar refractivity (Wildman–Crippen MR) is 78.6 cm³/mol. The Kier molecular flexibility index (Phi) is 5.88.